The monoisotopic (exact) mass is 359 g/mol. The van der Waals surface area contributed by atoms with Gasteiger partial charge in [-0.05, 0) is 25.1 Å². The first-order valence-corrected chi connectivity index (χ1v) is 9.64. The van der Waals surface area contributed by atoms with Crippen LogP contribution in [-0.2, 0) is 17.3 Å². The van der Waals surface area contributed by atoms with Crippen LogP contribution < -0.4 is 15.4 Å². The summed E-state index contributed by atoms with van der Waals surface area (Å²) < 4.78 is 17.6. The minimum atomic E-state index is -1.01. The molecule has 0 bridgehead atoms. The molecule has 0 aliphatic heterocycles. The Balaban J connectivity index is 1.90. The van der Waals surface area contributed by atoms with Crippen LogP contribution in [0.3, 0.4) is 0 Å². The summed E-state index contributed by atoms with van der Waals surface area (Å²) in [7, 11) is 0.644. The van der Waals surface area contributed by atoms with Gasteiger partial charge in [-0.3, -0.25) is 4.21 Å². The Bertz CT molecular complexity index is 705. The summed E-state index contributed by atoms with van der Waals surface area (Å²) in [5.41, 5.74) is 1.02. The fourth-order valence-corrected chi connectivity index (χ4v) is 3.28. The molecule has 0 aliphatic carbocycles. The molecule has 2 N–H and O–H groups in total. The second-order valence-electron chi connectivity index (χ2n) is 5.30. The van der Waals surface area contributed by atoms with Gasteiger partial charge in [-0.25, -0.2) is 4.99 Å². The van der Waals surface area contributed by atoms with Crippen LogP contribution in [0.5, 0.6) is 5.75 Å². The maximum Gasteiger partial charge on any atom is 0.191 e. The van der Waals surface area contributed by atoms with E-state index in [2.05, 4.69) is 15.6 Å². The number of nitrogens with zero attached hydrogens (tertiary/aromatic N) is 1. The van der Waals surface area contributed by atoms with Gasteiger partial charge < -0.3 is 15.4 Å². The molecule has 25 heavy (non-hydrogen) atoms. The summed E-state index contributed by atoms with van der Waals surface area (Å²) in [5.74, 6) is 2.06. The van der Waals surface area contributed by atoms with E-state index in [4.69, 9.17) is 4.74 Å². The molecule has 0 heterocycles. The highest BCUT2D eigenvalue weighted by Crippen LogP contribution is 2.17. The summed E-state index contributed by atoms with van der Waals surface area (Å²) in [5, 5.41) is 6.44. The van der Waals surface area contributed by atoms with Gasteiger partial charge in [0, 0.05) is 29.3 Å². The first-order valence-electron chi connectivity index (χ1n) is 8.32. The van der Waals surface area contributed by atoms with E-state index in [1.54, 1.807) is 7.11 Å². The highest BCUT2D eigenvalue weighted by Gasteiger charge is 2.05. The highest BCUT2D eigenvalue weighted by molar-refractivity contribution is 7.85. The molecule has 2 aromatic rings. The molecule has 1 unspecified atom stereocenters. The smallest absolute Gasteiger partial charge is 0.191 e. The first kappa shape index (κ1) is 19.0. The summed E-state index contributed by atoms with van der Waals surface area (Å²) in [4.78, 5) is 5.42. The van der Waals surface area contributed by atoms with Gasteiger partial charge >= 0.3 is 0 Å². The Morgan fingerprint density at radius 2 is 1.80 bits per heavy atom. The second-order valence-corrected chi connectivity index (χ2v) is 6.87. The molecule has 0 saturated heterocycles. The fourth-order valence-electron chi connectivity index (χ4n) is 2.29. The molecule has 0 amide bonds. The lowest BCUT2D eigenvalue weighted by Gasteiger charge is -2.12. The molecule has 6 heteroatoms. The molecule has 0 fully saturated rings. The Morgan fingerprint density at radius 3 is 2.52 bits per heavy atom. The van der Waals surface area contributed by atoms with E-state index >= 15 is 0 Å². The van der Waals surface area contributed by atoms with Crippen LogP contribution in [-0.4, -0.2) is 36.1 Å². The molecule has 0 aliphatic rings. The van der Waals surface area contributed by atoms with Gasteiger partial charge in [-0.2, -0.15) is 0 Å². The Hall–Kier alpha value is -2.34. The van der Waals surface area contributed by atoms with Gasteiger partial charge in [0.15, 0.2) is 5.96 Å². The van der Waals surface area contributed by atoms with Gasteiger partial charge in [0.1, 0.15) is 5.75 Å². The fraction of sp³-hybridized carbons (Fsp3) is 0.316. The normalized spacial score (nSPS) is 12.5. The molecule has 0 saturated carbocycles. The summed E-state index contributed by atoms with van der Waals surface area (Å²) >= 11 is 0. The van der Waals surface area contributed by atoms with E-state index in [0.29, 0.717) is 24.8 Å². The lowest BCUT2D eigenvalue weighted by atomic mass is 10.2. The minimum absolute atomic E-state index is 0.515. The zero-order valence-electron chi connectivity index (χ0n) is 14.7. The van der Waals surface area contributed by atoms with Crippen molar-refractivity contribution in [1.82, 2.24) is 10.6 Å². The van der Waals surface area contributed by atoms with E-state index in [1.807, 2.05) is 61.5 Å². The second kappa shape index (κ2) is 10.5. The van der Waals surface area contributed by atoms with Gasteiger partial charge in [0.05, 0.1) is 24.5 Å². The largest absolute Gasteiger partial charge is 0.496 e. The molecule has 0 aromatic heterocycles. The van der Waals surface area contributed by atoms with Gasteiger partial charge in [0.2, 0.25) is 0 Å². The average molecular weight is 359 g/mol. The van der Waals surface area contributed by atoms with Gasteiger partial charge in [-0.15, -0.1) is 0 Å². The number of ether oxygens (including phenoxy) is 1. The summed E-state index contributed by atoms with van der Waals surface area (Å²) in [6, 6.07) is 17.3. The number of rotatable bonds is 8. The van der Waals surface area contributed by atoms with Gasteiger partial charge in [0.25, 0.3) is 0 Å². The average Bonchev–Trinajstić information content (AvgIpc) is 2.66. The van der Waals surface area contributed by atoms with Crippen molar-refractivity contribution >= 4 is 16.8 Å². The lowest BCUT2D eigenvalue weighted by molar-refractivity contribution is 0.410. The quantitative estimate of drug-likeness (QED) is 0.562. The van der Waals surface area contributed by atoms with Crippen molar-refractivity contribution in [2.24, 2.45) is 4.99 Å². The Morgan fingerprint density at radius 1 is 1.08 bits per heavy atom. The number of guanidine groups is 1. The number of para-hydroxylation sites is 1. The van der Waals surface area contributed by atoms with E-state index < -0.39 is 10.8 Å². The third-order valence-electron chi connectivity index (χ3n) is 3.53. The van der Waals surface area contributed by atoms with Crippen molar-refractivity contribution in [3.63, 3.8) is 0 Å². The number of benzene rings is 2. The zero-order valence-corrected chi connectivity index (χ0v) is 15.5. The van der Waals surface area contributed by atoms with Gasteiger partial charge in [-0.1, -0.05) is 36.4 Å². The molecule has 2 rings (SSSR count). The van der Waals surface area contributed by atoms with Crippen LogP contribution in [0.4, 0.5) is 0 Å². The van der Waals surface area contributed by atoms with Crippen molar-refractivity contribution < 1.29 is 8.95 Å². The van der Waals surface area contributed by atoms with Crippen LogP contribution in [0, 0.1) is 0 Å². The zero-order chi connectivity index (χ0) is 17.9. The summed E-state index contributed by atoms with van der Waals surface area (Å²) in [6.45, 7) is 3.88. The van der Waals surface area contributed by atoms with Crippen molar-refractivity contribution in [2.45, 2.75) is 18.4 Å². The van der Waals surface area contributed by atoms with Crippen LogP contribution >= 0.6 is 0 Å². The minimum Gasteiger partial charge on any atom is -0.496 e. The lowest BCUT2D eigenvalue weighted by Crippen LogP contribution is -2.39. The van der Waals surface area contributed by atoms with Crippen molar-refractivity contribution in [1.29, 1.82) is 0 Å². The molecule has 5 nitrogen and oxygen atoms in total. The SMILES string of the molecule is CCNC(=NCc1ccccc1OC)NCCS(=O)c1ccccc1. The number of aliphatic imine (C=N–C) groups is 1. The maximum atomic E-state index is 12.2. The van der Waals surface area contributed by atoms with Crippen molar-refractivity contribution in [2.75, 3.05) is 26.0 Å². The molecule has 0 radical (unpaired) electrons. The highest BCUT2D eigenvalue weighted by atomic mass is 32.2. The number of hydrogen-bond donors (Lipinski definition) is 2. The van der Waals surface area contributed by atoms with E-state index in [-0.39, 0.29) is 0 Å². The third-order valence-corrected chi connectivity index (χ3v) is 4.90. The maximum absolute atomic E-state index is 12.2. The Kier molecular flexibility index (Phi) is 7.98. The summed E-state index contributed by atoms with van der Waals surface area (Å²) in [6.07, 6.45) is 0. The van der Waals surface area contributed by atoms with Crippen molar-refractivity contribution in [3.8, 4) is 5.75 Å². The van der Waals surface area contributed by atoms with Crippen LogP contribution in [0.2, 0.25) is 0 Å². The topological polar surface area (TPSA) is 62.7 Å². The van der Waals surface area contributed by atoms with Crippen LogP contribution in [0.15, 0.2) is 64.5 Å². The van der Waals surface area contributed by atoms with E-state index in [9.17, 15) is 4.21 Å². The van der Waals surface area contributed by atoms with Crippen LogP contribution in [0.1, 0.15) is 12.5 Å². The number of methoxy groups -OCH3 is 1. The van der Waals surface area contributed by atoms with Crippen LogP contribution in [0.25, 0.3) is 0 Å². The predicted molar refractivity (Wildman–Crippen MR) is 104 cm³/mol. The molecular formula is C19H25N3O2S. The number of nitrogens with one attached hydrogen (secondary N) is 2. The molecular weight excluding hydrogens is 334 g/mol. The molecule has 0 spiro atoms. The molecule has 1 atom stereocenters. The van der Waals surface area contributed by atoms with E-state index in [0.717, 1.165) is 22.8 Å². The number of hydrogen-bond acceptors (Lipinski definition) is 3. The first-order chi connectivity index (χ1) is 12.2. The molecule has 2 aromatic carbocycles. The predicted octanol–water partition coefficient (Wildman–Crippen LogP) is 2.56. The standard InChI is InChI=1S/C19H25N3O2S/c1-3-20-19(22-15-16-9-7-8-12-18(16)24-2)21-13-14-25(23)17-10-5-4-6-11-17/h4-12H,3,13-15H2,1-2H3,(H2,20,21,22). The molecule has 134 valence electrons. The Labute approximate surface area is 152 Å². The third kappa shape index (κ3) is 6.23. The van der Waals surface area contributed by atoms with Crippen molar-refractivity contribution in [3.05, 3.63) is 60.2 Å². The van der Waals surface area contributed by atoms with E-state index in [1.165, 1.54) is 0 Å².